The molecule has 0 radical (unpaired) electrons. The van der Waals surface area contributed by atoms with E-state index in [1.807, 2.05) is 6.92 Å². The van der Waals surface area contributed by atoms with E-state index in [0.717, 1.165) is 5.56 Å². The number of rotatable bonds is 1. The van der Waals surface area contributed by atoms with Crippen molar-refractivity contribution in [1.29, 1.82) is 0 Å². The monoisotopic (exact) mass is 229 g/mol. The summed E-state index contributed by atoms with van der Waals surface area (Å²) >= 11 is 0. The second-order valence-corrected chi connectivity index (χ2v) is 3.91. The highest BCUT2D eigenvalue weighted by Crippen LogP contribution is 2.28. The van der Waals surface area contributed by atoms with Crippen LogP contribution in [0, 0.1) is 5.82 Å². The molecule has 2 rings (SSSR count). The van der Waals surface area contributed by atoms with Crippen molar-refractivity contribution in [2.45, 2.75) is 18.9 Å². The minimum atomic E-state index is -0.315. The van der Waals surface area contributed by atoms with E-state index in [2.05, 4.69) is 5.32 Å². The van der Waals surface area contributed by atoms with Gasteiger partial charge in [-0.25, -0.2) is 4.39 Å². The molecule has 1 aliphatic heterocycles. The molecule has 1 atom stereocenters. The molecule has 2 nitrogen and oxygen atoms in total. The quantitative estimate of drug-likeness (QED) is 0.799. The third-order valence-electron chi connectivity index (χ3n) is 2.71. The minimum Gasteiger partial charge on any atom is -0.300 e. The molecule has 0 bridgehead atoms. The van der Waals surface area contributed by atoms with E-state index in [9.17, 15) is 9.18 Å². The summed E-state index contributed by atoms with van der Waals surface area (Å²) in [5, 5.41) is 3.15. The Kier molecular flexibility index (Phi) is 3.47. The molecule has 1 N–H and O–H groups in total. The Morgan fingerprint density at radius 2 is 1.93 bits per heavy atom. The summed E-state index contributed by atoms with van der Waals surface area (Å²) in [4.78, 5) is 11.2. The van der Waals surface area contributed by atoms with Crippen molar-refractivity contribution >= 4 is 18.2 Å². The van der Waals surface area contributed by atoms with Crippen LogP contribution in [-0.2, 0) is 10.3 Å². The van der Waals surface area contributed by atoms with Gasteiger partial charge in [-0.2, -0.15) is 0 Å². The fraction of sp³-hybridized carbons (Fsp3) is 0.364. The molecule has 15 heavy (non-hydrogen) atoms. The first-order valence-electron chi connectivity index (χ1n) is 4.63. The molecule has 1 heterocycles. The molecule has 0 amide bonds. The van der Waals surface area contributed by atoms with Crippen LogP contribution in [0.15, 0.2) is 24.3 Å². The first-order valence-corrected chi connectivity index (χ1v) is 4.63. The number of carbonyl (C=O) groups is 1. The summed E-state index contributed by atoms with van der Waals surface area (Å²) in [5.41, 5.74) is 0.648. The van der Waals surface area contributed by atoms with Gasteiger partial charge in [0, 0.05) is 12.0 Å². The number of hydrogen-bond donors (Lipinski definition) is 1. The Labute approximate surface area is 94.3 Å². The molecule has 1 fully saturated rings. The van der Waals surface area contributed by atoms with E-state index in [1.54, 1.807) is 12.1 Å². The first kappa shape index (κ1) is 12.1. The summed E-state index contributed by atoms with van der Waals surface area (Å²) in [5.74, 6) is -0.0431. The SMILES string of the molecule is CC1(c2ccc(F)cc2)CC(=O)CN1.Cl. The lowest BCUT2D eigenvalue weighted by molar-refractivity contribution is -0.116. The first-order chi connectivity index (χ1) is 6.60. The zero-order valence-corrected chi connectivity index (χ0v) is 9.23. The lowest BCUT2D eigenvalue weighted by Crippen LogP contribution is -2.32. The number of benzene rings is 1. The van der Waals surface area contributed by atoms with E-state index in [-0.39, 0.29) is 29.5 Å². The van der Waals surface area contributed by atoms with Crippen LogP contribution in [0.4, 0.5) is 4.39 Å². The van der Waals surface area contributed by atoms with Gasteiger partial charge in [0.15, 0.2) is 0 Å². The van der Waals surface area contributed by atoms with Gasteiger partial charge in [-0.3, -0.25) is 4.79 Å². The highest BCUT2D eigenvalue weighted by atomic mass is 35.5. The highest BCUT2D eigenvalue weighted by Gasteiger charge is 2.34. The molecule has 4 heteroatoms. The van der Waals surface area contributed by atoms with E-state index in [1.165, 1.54) is 12.1 Å². The summed E-state index contributed by atoms with van der Waals surface area (Å²) in [6.45, 7) is 2.37. The number of hydrogen-bond acceptors (Lipinski definition) is 2. The average Bonchev–Trinajstić information content (AvgIpc) is 2.48. The maximum Gasteiger partial charge on any atom is 0.148 e. The Morgan fingerprint density at radius 1 is 1.33 bits per heavy atom. The van der Waals surface area contributed by atoms with Crippen molar-refractivity contribution in [2.24, 2.45) is 0 Å². The number of halogens is 2. The molecule has 1 saturated heterocycles. The molecule has 0 aliphatic carbocycles. The molecular weight excluding hydrogens is 217 g/mol. The van der Waals surface area contributed by atoms with Crippen molar-refractivity contribution in [1.82, 2.24) is 5.32 Å². The minimum absolute atomic E-state index is 0. The average molecular weight is 230 g/mol. The van der Waals surface area contributed by atoms with Crippen LogP contribution < -0.4 is 5.32 Å². The fourth-order valence-corrected chi connectivity index (χ4v) is 1.83. The standard InChI is InChI=1S/C11H12FNO.ClH/c1-11(6-10(14)7-13-11)8-2-4-9(12)5-3-8;/h2-5,13H,6-7H2,1H3;1H. The van der Waals surface area contributed by atoms with Crippen molar-refractivity contribution in [2.75, 3.05) is 6.54 Å². The van der Waals surface area contributed by atoms with E-state index in [4.69, 9.17) is 0 Å². The van der Waals surface area contributed by atoms with Gasteiger partial charge in [-0.05, 0) is 24.6 Å². The third-order valence-corrected chi connectivity index (χ3v) is 2.71. The van der Waals surface area contributed by atoms with Gasteiger partial charge < -0.3 is 5.32 Å². The van der Waals surface area contributed by atoms with Crippen molar-refractivity contribution < 1.29 is 9.18 Å². The molecule has 82 valence electrons. The van der Waals surface area contributed by atoms with Gasteiger partial charge in [-0.1, -0.05) is 12.1 Å². The van der Waals surface area contributed by atoms with E-state index < -0.39 is 0 Å². The lowest BCUT2D eigenvalue weighted by Gasteiger charge is -2.23. The van der Waals surface area contributed by atoms with Gasteiger partial charge in [-0.15, -0.1) is 12.4 Å². The van der Waals surface area contributed by atoms with Gasteiger partial charge >= 0.3 is 0 Å². The van der Waals surface area contributed by atoms with E-state index in [0.29, 0.717) is 13.0 Å². The zero-order valence-electron chi connectivity index (χ0n) is 8.42. The third kappa shape index (κ3) is 2.36. The molecule has 1 aromatic carbocycles. The van der Waals surface area contributed by atoms with E-state index >= 15 is 0 Å². The van der Waals surface area contributed by atoms with Gasteiger partial charge in [0.05, 0.1) is 6.54 Å². The predicted molar refractivity (Wildman–Crippen MR) is 58.6 cm³/mol. The van der Waals surface area contributed by atoms with Crippen molar-refractivity contribution in [3.8, 4) is 0 Å². The van der Waals surface area contributed by atoms with Crippen LogP contribution in [0.1, 0.15) is 18.9 Å². The van der Waals surface area contributed by atoms with Gasteiger partial charge in [0.2, 0.25) is 0 Å². The number of Topliss-reactive ketones (excluding diaryl/α,β-unsaturated/α-hetero) is 1. The smallest absolute Gasteiger partial charge is 0.148 e. The van der Waals surface area contributed by atoms with Gasteiger partial charge in [0.1, 0.15) is 11.6 Å². The Morgan fingerprint density at radius 3 is 2.40 bits per heavy atom. The van der Waals surface area contributed by atoms with Crippen LogP contribution in [-0.4, -0.2) is 12.3 Å². The summed E-state index contributed by atoms with van der Waals surface area (Å²) in [6, 6.07) is 6.29. The predicted octanol–water partition coefficient (Wildman–Crippen LogP) is 2.03. The summed E-state index contributed by atoms with van der Waals surface area (Å²) < 4.78 is 12.7. The van der Waals surface area contributed by atoms with Crippen LogP contribution >= 0.6 is 12.4 Å². The van der Waals surface area contributed by atoms with Crippen molar-refractivity contribution in [3.63, 3.8) is 0 Å². The second kappa shape index (κ2) is 4.29. The fourth-order valence-electron chi connectivity index (χ4n) is 1.83. The Hall–Kier alpha value is -0.930. The van der Waals surface area contributed by atoms with Crippen LogP contribution in [0.3, 0.4) is 0 Å². The van der Waals surface area contributed by atoms with Gasteiger partial charge in [0.25, 0.3) is 0 Å². The molecule has 0 aromatic heterocycles. The second-order valence-electron chi connectivity index (χ2n) is 3.91. The van der Waals surface area contributed by atoms with Crippen LogP contribution in [0.5, 0.6) is 0 Å². The maximum absolute atomic E-state index is 12.7. The zero-order chi connectivity index (χ0) is 10.2. The number of nitrogens with one attached hydrogen (secondary N) is 1. The molecule has 1 aromatic rings. The molecular formula is C11H13ClFNO. The molecule has 0 spiro atoms. The molecule has 1 aliphatic rings. The maximum atomic E-state index is 12.7. The number of ketones is 1. The summed E-state index contributed by atoms with van der Waals surface area (Å²) in [6.07, 6.45) is 0.485. The lowest BCUT2D eigenvalue weighted by atomic mass is 9.90. The highest BCUT2D eigenvalue weighted by molar-refractivity contribution is 5.85. The number of carbonyl (C=O) groups excluding carboxylic acids is 1. The Balaban J connectivity index is 0.00000112. The normalized spacial score (nSPS) is 25.1. The topological polar surface area (TPSA) is 29.1 Å². The van der Waals surface area contributed by atoms with Crippen LogP contribution in [0.25, 0.3) is 0 Å². The Bertz CT molecular complexity index is 365. The largest absolute Gasteiger partial charge is 0.300 e. The molecule has 1 unspecified atom stereocenters. The van der Waals surface area contributed by atoms with Crippen LogP contribution in [0.2, 0.25) is 0 Å². The summed E-state index contributed by atoms with van der Waals surface area (Å²) in [7, 11) is 0. The van der Waals surface area contributed by atoms with Crippen molar-refractivity contribution in [3.05, 3.63) is 35.6 Å². The molecule has 0 saturated carbocycles.